The van der Waals surface area contributed by atoms with Crippen molar-refractivity contribution in [1.29, 1.82) is 0 Å². The van der Waals surface area contributed by atoms with E-state index in [4.69, 9.17) is 0 Å². The van der Waals surface area contributed by atoms with E-state index in [0.29, 0.717) is 5.25 Å². The Morgan fingerprint density at radius 3 is 2.67 bits per heavy atom. The molecule has 1 unspecified atom stereocenters. The van der Waals surface area contributed by atoms with Gasteiger partial charge in [-0.1, -0.05) is 44.7 Å². The summed E-state index contributed by atoms with van der Waals surface area (Å²) in [6.07, 6.45) is 2.33. The van der Waals surface area contributed by atoms with Crippen molar-refractivity contribution in [1.82, 2.24) is 0 Å². The molecule has 0 aromatic heterocycles. The van der Waals surface area contributed by atoms with Crippen LogP contribution in [0, 0.1) is 5.92 Å². The van der Waals surface area contributed by atoms with Gasteiger partial charge in [0.1, 0.15) is 0 Å². The highest BCUT2D eigenvalue weighted by atomic mass is 32.2. The Bertz CT molecular complexity index is 409. The molecule has 1 N–H and O–H groups in total. The van der Waals surface area contributed by atoms with Crippen LogP contribution >= 0.6 is 11.8 Å². The molecule has 2 rings (SSSR count). The van der Waals surface area contributed by atoms with Crippen LogP contribution in [0.3, 0.4) is 0 Å². The fourth-order valence-electron chi connectivity index (χ4n) is 2.08. The van der Waals surface area contributed by atoms with Crippen molar-refractivity contribution in [2.24, 2.45) is 10.9 Å². The SMILES string of the molecule is CCc1ccc(NC2=NCC(CC(C)C)S2)cc1. The first kappa shape index (κ1) is 13.5. The summed E-state index contributed by atoms with van der Waals surface area (Å²) in [6, 6.07) is 8.62. The maximum absolute atomic E-state index is 4.58. The smallest absolute Gasteiger partial charge is 0.161 e. The van der Waals surface area contributed by atoms with Crippen LogP contribution in [0.5, 0.6) is 0 Å². The van der Waals surface area contributed by atoms with Gasteiger partial charge in [0.15, 0.2) is 5.17 Å². The number of hydrogen-bond acceptors (Lipinski definition) is 3. The number of aryl methyl sites for hydroxylation is 1. The summed E-state index contributed by atoms with van der Waals surface area (Å²) in [5, 5.41) is 5.14. The normalized spacial score (nSPS) is 19.1. The zero-order valence-electron chi connectivity index (χ0n) is 11.4. The average Bonchev–Trinajstić information content (AvgIpc) is 2.76. The molecule has 0 amide bonds. The molecule has 3 heteroatoms. The Kier molecular flexibility index (Phi) is 4.70. The largest absolute Gasteiger partial charge is 0.335 e. The van der Waals surface area contributed by atoms with Gasteiger partial charge >= 0.3 is 0 Å². The highest BCUT2D eigenvalue weighted by molar-refractivity contribution is 8.15. The minimum absolute atomic E-state index is 0.655. The van der Waals surface area contributed by atoms with Gasteiger partial charge in [0.25, 0.3) is 0 Å². The van der Waals surface area contributed by atoms with Crippen molar-refractivity contribution in [2.45, 2.75) is 38.9 Å². The van der Waals surface area contributed by atoms with Crippen LogP contribution in [0.15, 0.2) is 29.3 Å². The number of benzene rings is 1. The maximum Gasteiger partial charge on any atom is 0.161 e. The van der Waals surface area contributed by atoms with Crippen molar-refractivity contribution in [3.8, 4) is 0 Å². The number of thioether (sulfide) groups is 1. The average molecular weight is 262 g/mol. The van der Waals surface area contributed by atoms with Gasteiger partial charge in [-0.25, -0.2) is 0 Å². The molecule has 1 atom stereocenters. The maximum atomic E-state index is 4.58. The van der Waals surface area contributed by atoms with Gasteiger partial charge < -0.3 is 5.32 Å². The molecular formula is C15H22N2S. The minimum Gasteiger partial charge on any atom is -0.335 e. The van der Waals surface area contributed by atoms with Crippen LogP contribution in [0.2, 0.25) is 0 Å². The summed E-state index contributed by atoms with van der Waals surface area (Å²) in [5.74, 6) is 0.751. The Morgan fingerprint density at radius 2 is 2.06 bits per heavy atom. The van der Waals surface area contributed by atoms with E-state index < -0.39 is 0 Å². The lowest BCUT2D eigenvalue weighted by molar-refractivity contribution is 0.575. The second-order valence-corrected chi connectivity index (χ2v) is 6.48. The molecule has 0 spiro atoms. The summed E-state index contributed by atoms with van der Waals surface area (Å²) < 4.78 is 0. The zero-order valence-corrected chi connectivity index (χ0v) is 12.3. The van der Waals surface area contributed by atoms with E-state index in [2.05, 4.69) is 55.3 Å². The second-order valence-electron chi connectivity index (χ2n) is 5.19. The van der Waals surface area contributed by atoms with Gasteiger partial charge in [-0.3, -0.25) is 4.99 Å². The molecule has 0 saturated heterocycles. The molecule has 1 aliphatic heterocycles. The highest BCUT2D eigenvalue weighted by Gasteiger charge is 2.20. The minimum atomic E-state index is 0.655. The topological polar surface area (TPSA) is 24.4 Å². The number of aliphatic imine (C=N–C) groups is 1. The molecule has 1 aromatic rings. The number of nitrogens with zero attached hydrogens (tertiary/aromatic N) is 1. The lowest BCUT2D eigenvalue weighted by atomic mass is 10.1. The first-order valence-electron chi connectivity index (χ1n) is 6.74. The summed E-state index contributed by atoms with van der Waals surface area (Å²) >= 11 is 1.88. The number of nitrogens with one attached hydrogen (secondary N) is 1. The molecule has 18 heavy (non-hydrogen) atoms. The van der Waals surface area contributed by atoms with Crippen molar-refractivity contribution >= 4 is 22.6 Å². The van der Waals surface area contributed by atoms with Gasteiger partial charge in [-0.05, 0) is 36.5 Å². The third-order valence-electron chi connectivity index (χ3n) is 3.06. The van der Waals surface area contributed by atoms with Gasteiger partial charge in [-0.15, -0.1) is 0 Å². The lowest BCUT2D eigenvalue weighted by Gasteiger charge is -2.11. The molecule has 1 aliphatic rings. The van der Waals surface area contributed by atoms with Gasteiger partial charge in [0, 0.05) is 10.9 Å². The van der Waals surface area contributed by atoms with Crippen LogP contribution in [-0.4, -0.2) is 17.0 Å². The molecule has 0 fully saturated rings. The van der Waals surface area contributed by atoms with E-state index in [0.717, 1.165) is 29.7 Å². The van der Waals surface area contributed by atoms with Crippen LogP contribution in [-0.2, 0) is 6.42 Å². The van der Waals surface area contributed by atoms with E-state index in [1.165, 1.54) is 12.0 Å². The molecule has 98 valence electrons. The monoisotopic (exact) mass is 262 g/mol. The zero-order chi connectivity index (χ0) is 13.0. The second kappa shape index (κ2) is 6.28. The fourth-order valence-corrected chi connectivity index (χ4v) is 3.35. The third kappa shape index (κ3) is 3.77. The Morgan fingerprint density at radius 1 is 1.33 bits per heavy atom. The Balaban J connectivity index is 1.87. The van der Waals surface area contributed by atoms with E-state index >= 15 is 0 Å². The molecule has 0 aliphatic carbocycles. The van der Waals surface area contributed by atoms with Crippen molar-refractivity contribution in [3.63, 3.8) is 0 Å². The highest BCUT2D eigenvalue weighted by Crippen LogP contribution is 2.27. The molecule has 1 aromatic carbocycles. The van der Waals surface area contributed by atoms with E-state index in [9.17, 15) is 0 Å². The summed E-state index contributed by atoms with van der Waals surface area (Å²) in [5.41, 5.74) is 2.52. The molecule has 0 saturated carbocycles. The van der Waals surface area contributed by atoms with E-state index in [-0.39, 0.29) is 0 Å². The van der Waals surface area contributed by atoms with Crippen LogP contribution in [0.25, 0.3) is 0 Å². The molecule has 0 bridgehead atoms. The van der Waals surface area contributed by atoms with Crippen LogP contribution < -0.4 is 5.32 Å². The quantitative estimate of drug-likeness (QED) is 0.880. The molecule has 1 heterocycles. The summed E-state index contributed by atoms with van der Waals surface area (Å²) in [6.45, 7) is 7.68. The lowest BCUT2D eigenvalue weighted by Crippen LogP contribution is -2.09. The van der Waals surface area contributed by atoms with Gasteiger partial charge in [-0.2, -0.15) is 0 Å². The number of amidine groups is 1. The van der Waals surface area contributed by atoms with Gasteiger partial charge in [0.2, 0.25) is 0 Å². The Hall–Kier alpha value is -0.960. The standard InChI is InChI=1S/C15H22N2S/c1-4-12-5-7-13(8-6-12)17-15-16-10-14(18-15)9-11(2)3/h5-8,11,14H,4,9-10H2,1-3H3,(H,16,17). The third-order valence-corrected chi connectivity index (χ3v) is 4.19. The van der Waals surface area contributed by atoms with Crippen LogP contribution in [0.1, 0.15) is 32.8 Å². The van der Waals surface area contributed by atoms with Crippen LogP contribution in [0.4, 0.5) is 5.69 Å². The van der Waals surface area contributed by atoms with Crippen molar-refractivity contribution in [2.75, 3.05) is 11.9 Å². The molecular weight excluding hydrogens is 240 g/mol. The van der Waals surface area contributed by atoms with Crippen molar-refractivity contribution in [3.05, 3.63) is 29.8 Å². The van der Waals surface area contributed by atoms with Crippen molar-refractivity contribution < 1.29 is 0 Å². The summed E-state index contributed by atoms with van der Waals surface area (Å²) in [4.78, 5) is 4.58. The number of anilines is 1. The van der Waals surface area contributed by atoms with E-state index in [1.807, 2.05) is 11.8 Å². The first-order valence-corrected chi connectivity index (χ1v) is 7.62. The molecule has 2 nitrogen and oxygen atoms in total. The predicted molar refractivity (Wildman–Crippen MR) is 82.6 cm³/mol. The number of rotatable bonds is 4. The molecule has 0 radical (unpaired) electrons. The predicted octanol–water partition coefficient (Wildman–Crippen LogP) is 4.18. The van der Waals surface area contributed by atoms with Gasteiger partial charge in [0.05, 0.1) is 6.54 Å². The van der Waals surface area contributed by atoms with E-state index in [1.54, 1.807) is 0 Å². The summed E-state index contributed by atoms with van der Waals surface area (Å²) in [7, 11) is 0. The Labute approximate surface area is 114 Å². The fraction of sp³-hybridized carbons (Fsp3) is 0.533. The number of hydrogen-bond donors (Lipinski definition) is 1. The first-order chi connectivity index (χ1) is 8.67.